The number of amides is 2. The molecular weight excluding hydrogens is 274 g/mol. The van der Waals surface area contributed by atoms with Gasteiger partial charge in [0, 0.05) is 17.2 Å². The average Bonchev–Trinajstić information content (AvgIpc) is 2.45. The van der Waals surface area contributed by atoms with Gasteiger partial charge in [-0.1, -0.05) is 18.2 Å². The topological polar surface area (TPSA) is 62.6 Å². The Bertz CT molecular complexity index is 453. The van der Waals surface area contributed by atoms with E-state index in [-0.39, 0.29) is 11.8 Å². The highest BCUT2D eigenvalue weighted by Gasteiger charge is 2.21. The highest BCUT2D eigenvalue weighted by Crippen LogP contribution is 2.15. The summed E-state index contributed by atoms with van der Waals surface area (Å²) in [5.41, 5.74) is 0. The Morgan fingerprint density at radius 2 is 2.15 bits per heavy atom. The first-order valence-corrected chi connectivity index (χ1v) is 7.77. The minimum Gasteiger partial charge on any atom is -0.350 e. The van der Waals surface area contributed by atoms with Crippen LogP contribution in [0.15, 0.2) is 35.2 Å². The molecular formula is C14H20N3O2S+. The summed E-state index contributed by atoms with van der Waals surface area (Å²) < 4.78 is 0. The third-order valence-electron chi connectivity index (χ3n) is 3.06. The molecule has 6 heteroatoms. The fourth-order valence-corrected chi connectivity index (χ4v) is 2.86. The van der Waals surface area contributed by atoms with Crippen molar-refractivity contribution in [2.75, 3.05) is 38.5 Å². The molecule has 1 saturated heterocycles. The van der Waals surface area contributed by atoms with Gasteiger partial charge < -0.3 is 15.5 Å². The quantitative estimate of drug-likeness (QED) is 0.461. The van der Waals surface area contributed by atoms with Crippen LogP contribution in [-0.4, -0.2) is 50.3 Å². The molecule has 1 atom stereocenters. The van der Waals surface area contributed by atoms with Crippen molar-refractivity contribution in [1.82, 2.24) is 10.6 Å². The molecule has 1 aliphatic heterocycles. The lowest BCUT2D eigenvalue weighted by Gasteiger charge is -2.22. The van der Waals surface area contributed by atoms with E-state index in [1.807, 2.05) is 18.2 Å². The SMILES string of the molecule is O=C(C[NH+]1CCNC(=O)C1)NCCSc1ccccc1. The Kier molecular flexibility index (Phi) is 5.88. The van der Waals surface area contributed by atoms with Crippen molar-refractivity contribution in [1.29, 1.82) is 0 Å². The normalized spacial score (nSPS) is 18.4. The smallest absolute Gasteiger partial charge is 0.275 e. The highest BCUT2D eigenvalue weighted by atomic mass is 32.2. The van der Waals surface area contributed by atoms with E-state index >= 15 is 0 Å². The molecule has 5 nitrogen and oxygen atoms in total. The average molecular weight is 294 g/mol. The first kappa shape index (κ1) is 14.9. The number of carbonyl (C=O) groups excluding carboxylic acids is 2. The number of benzene rings is 1. The van der Waals surface area contributed by atoms with Crippen molar-refractivity contribution in [2.45, 2.75) is 4.90 Å². The fraction of sp³-hybridized carbons (Fsp3) is 0.429. The van der Waals surface area contributed by atoms with Crippen LogP contribution in [0, 0.1) is 0 Å². The van der Waals surface area contributed by atoms with Crippen LogP contribution in [0.25, 0.3) is 0 Å². The van der Waals surface area contributed by atoms with Crippen LogP contribution < -0.4 is 15.5 Å². The molecule has 1 aromatic rings. The van der Waals surface area contributed by atoms with Gasteiger partial charge in [0.05, 0.1) is 13.1 Å². The van der Waals surface area contributed by atoms with Gasteiger partial charge in [0.2, 0.25) is 0 Å². The molecule has 1 aromatic carbocycles. The second-order valence-electron chi connectivity index (χ2n) is 4.71. The van der Waals surface area contributed by atoms with Crippen molar-refractivity contribution in [2.24, 2.45) is 0 Å². The van der Waals surface area contributed by atoms with Gasteiger partial charge in [0.15, 0.2) is 13.1 Å². The van der Waals surface area contributed by atoms with Gasteiger partial charge in [-0.3, -0.25) is 9.59 Å². The first-order valence-electron chi connectivity index (χ1n) is 6.79. The monoisotopic (exact) mass is 294 g/mol. The number of nitrogens with one attached hydrogen (secondary N) is 3. The number of rotatable bonds is 6. The van der Waals surface area contributed by atoms with Crippen molar-refractivity contribution in [3.63, 3.8) is 0 Å². The Balaban J connectivity index is 1.59. The third-order valence-corrected chi connectivity index (χ3v) is 4.07. The lowest BCUT2D eigenvalue weighted by Crippen LogP contribution is -3.16. The molecule has 108 valence electrons. The zero-order valence-corrected chi connectivity index (χ0v) is 12.2. The Morgan fingerprint density at radius 1 is 1.35 bits per heavy atom. The van der Waals surface area contributed by atoms with Crippen LogP contribution in [0.5, 0.6) is 0 Å². The molecule has 0 radical (unpaired) electrons. The molecule has 2 rings (SSSR count). The highest BCUT2D eigenvalue weighted by molar-refractivity contribution is 7.99. The molecule has 0 spiro atoms. The van der Waals surface area contributed by atoms with Gasteiger partial charge in [-0.15, -0.1) is 11.8 Å². The van der Waals surface area contributed by atoms with Gasteiger partial charge in [-0.05, 0) is 12.1 Å². The maximum atomic E-state index is 11.8. The van der Waals surface area contributed by atoms with Crippen LogP contribution in [0.2, 0.25) is 0 Å². The molecule has 1 heterocycles. The minimum absolute atomic E-state index is 0.0170. The van der Waals surface area contributed by atoms with E-state index in [1.165, 1.54) is 4.90 Å². The zero-order chi connectivity index (χ0) is 14.2. The molecule has 0 bridgehead atoms. The second-order valence-corrected chi connectivity index (χ2v) is 5.88. The molecule has 1 unspecified atom stereocenters. The third kappa shape index (κ3) is 5.22. The van der Waals surface area contributed by atoms with Crippen molar-refractivity contribution in [3.8, 4) is 0 Å². The van der Waals surface area contributed by atoms with Crippen molar-refractivity contribution >= 4 is 23.6 Å². The van der Waals surface area contributed by atoms with Crippen molar-refractivity contribution < 1.29 is 14.5 Å². The lowest BCUT2D eigenvalue weighted by molar-refractivity contribution is -0.885. The standard InChI is InChI=1S/C14H19N3O2S/c18-13-10-17(8-6-15-13)11-14(19)16-7-9-20-12-4-2-1-3-5-12/h1-5H,6-11H2,(H,15,18)(H,16,19)/p+1. The van der Waals surface area contributed by atoms with Crippen LogP contribution in [-0.2, 0) is 9.59 Å². The van der Waals surface area contributed by atoms with Gasteiger partial charge in [-0.2, -0.15) is 0 Å². The van der Waals surface area contributed by atoms with Crippen LogP contribution in [0.1, 0.15) is 0 Å². The fourth-order valence-electron chi connectivity index (χ4n) is 2.07. The summed E-state index contributed by atoms with van der Waals surface area (Å²) in [6.45, 7) is 2.90. The zero-order valence-electron chi connectivity index (χ0n) is 11.4. The Morgan fingerprint density at radius 3 is 2.90 bits per heavy atom. The van der Waals surface area contributed by atoms with Crippen LogP contribution in [0.3, 0.4) is 0 Å². The summed E-state index contributed by atoms with van der Waals surface area (Å²) in [4.78, 5) is 25.2. The minimum atomic E-state index is 0.0170. The summed E-state index contributed by atoms with van der Waals surface area (Å²) in [6.07, 6.45) is 0. The number of piperazine rings is 1. The van der Waals surface area contributed by atoms with Crippen LogP contribution in [0.4, 0.5) is 0 Å². The van der Waals surface area contributed by atoms with E-state index in [9.17, 15) is 9.59 Å². The number of thioether (sulfide) groups is 1. The van der Waals surface area contributed by atoms with E-state index in [4.69, 9.17) is 0 Å². The molecule has 3 N–H and O–H groups in total. The van der Waals surface area contributed by atoms with E-state index < -0.39 is 0 Å². The molecule has 2 amide bonds. The van der Waals surface area contributed by atoms with Gasteiger partial charge in [0.25, 0.3) is 11.8 Å². The molecule has 0 saturated carbocycles. The van der Waals surface area contributed by atoms with E-state index in [2.05, 4.69) is 22.8 Å². The predicted molar refractivity (Wildman–Crippen MR) is 78.7 cm³/mol. The number of hydrogen-bond donors (Lipinski definition) is 3. The molecule has 0 aromatic heterocycles. The van der Waals surface area contributed by atoms with Gasteiger partial charge in [-0.25, -0.2) is 0 Å². The molecule has 1 aliphatic rings. The molecule has 20 heavy (non-hydrogen) atoms. The summed E-state index contributed by atoms with van der Waals surface area (Å²) in [5, 5.41) is 5.66. The van der Waals surface area contributed by atoms with E-state index in [0.717, 1.165) is 17.2 Å². The molecule has 0 aliphatic carbocycles. The Labute approximate surface area is 123 Å². The lowest BCUT2D eigenvalue weighted by atomic mass is 10.3. The van der Waals surface area contributed by atoms with E-state index in [0.29, 0.717) is 26.2 Å². The number of hydrogen-bond acceptors (Lipinski definition) is 3. The summed E-state index contributed by atoms with van der Waals surface area (Å²) in [6, 6.07) is 10.1. The van der Waals surface area contributed by atoms with Gasteiger partial charge in [0.1, 0.15) is 0 Å². The van der Waals surface area contributed by atoms with Gasteiger partial charge >= 0.3 is 0 Å². The predicted octanol–water partition coefficient (Wildman–Crippen LogP) is -1.09. The van der Waals surface area contributed by atoms with E-state index in [1.54, 1.807) is 11.8 Å². The second kappa shape index (κ2) is 7.91. The molecule has 1 fully saturated rings. The summed E-state index contributed by atoms with van der Waals surface area (Å²) in [7, 11) is 0. The summed E-state index contributed by atoms with van der Waals surface area (Å²) in [5.74, 6) is 0.896. The van der Waals surface area contributed by atoms with Crippen molar-refractivity contribution in [3.05, 3.63) is 30.3 Å². The summed E-state index contributed by atoms with van der Waals surface area (Å²) >= 11 is 1.72. The number of carbonyl (C=O) groups is 2. The first-order chi connectivity index (χ1) is 9.74. The Hall–Kier alpha value is -1.53. The van der Waals surface area contributed by atoms with Crippen LogP contribution >= 0.6 is 11.8 Å². The largest absolute Gasteiger partial charge is 0.350 e. The maximum absolute atomic E-state index is 11.8. The maximum Gasteiger partial charge on any atom is 0.275 e. The number of quaternary nitrogens is 1.